The van der Waals surface area contributed by atoms with E-state index in [1.807, 2.05) is 0 Å². The third kappa shape index (κ3) is 1.64. The highest BCUT2D eigenvalue weighted by molar-refractivity contribution is 5.55. The van der Waals surface area contributed by atoms with Crippen molar-refractivity contribution in [3.05, 3.63) is 34.9 Å². The Bertz CT molecular complexity index is 328. The number of hydrogen-bond acceptors (Lipinski definition) is 1. The van der Waals surface area contributed by atoms with Crippen LogP contribution in [-0.4, -0.2) is 6.29 Å². The third-order valence-corrected chi connectivity index (χ3v) is 2.82. The minimum atomic E-state index is 0.259. The Labute approximate surface area is 78.8 Å². The molecule has 13 heavy (non-hydrogen) atoms. The second kappa shape index (κ2) is 3.33. The molecule has 2 rings (SSSR count). The molecule has 0 bridgehead atoms. The summed E-state index contributed by atoms with van der Waals surface area (Å²) in [6.07, 6.45) is 4.14. The molecule has 1 aliphatic rings. The van der Waals surface area contributed by atoms with Gasteiger partial charge in [0.15, 0.2) is 0 Å². The van der Waals surface area contributed by atoms with Crippen molar-refractivity contribution in [2.75, 3.05) is 0 Å². The van der Waals surface area contributed by atoms with Gasteiger partial charge in [0.1, 0.15) is 6.29 Å². The van der Waals surface area contributed by atoms with E-state index < -0.39 is 0 Å². The Balaban J connectivity index is 2.31. The first-order chi connectivity index (χ1) is 6.29. The zero-order valence-corrected chi connectivity index (χ0v) is 7.92. The van der Waals surface area contributed by atoms with Crippen molar-refractivity contribution in [1.29, 1.82) is 0 Å². The summed E-state index contributed by atoms with van der Waals surface area (Å²) in [4.78, 5) is 10.6. The number of aldehydes is 1. The largest absolute Gasteiger partial charge is 0.303 e. The van der Waals surface area contributed by atoms with Crippen LogP contribution < -0.4 is 0 Å². The minimum absolute atomic E-state index is 0.259. The molecule has 68 valence electrons. The maximum atomic E-state index is 10.6. The second-order valence-electron chi connectivity index (χ2n) is 3.91. The molecule has 0 aliphatic heterocycles. The maximum absolute atomic E-state index is 10.6. The van der Waals surface area contributed by atoms with Crippen LogP contribution in [0, 0.1) is 12.8 Å². The van der Waals surface area contributed by atoms with E-state index >= 15 is 0 Å². The first-order valence-electron chi connectivity index (χ1n) is 4.83. The zero-order valence-electron chi connectivity index (χ0n) is 7.92. The number of fused-ring (bicyclic) bond motifs is 1. The Morgan fingerprint density at radius 3 is 3.00 bits per heavy atom. The van der Waals surface area contributed by atoms with Crippen LogP contribution in [0.25, 0.3) is 0 Å². The van der Waals surface area contributed by atoms with Crippen LogP contribution in [-0.2, 0) is 17.6 Å². The van der Waals surface area contributed by atoms with Gasteiger partial charge in [-0.3, -0.25) is 0 Å². The molecule has 1 aliphatic carbocycles. The van der Waals surface area contributed by atoms with E-state index in [-0.39, 0.29) is 5.92 Å². The number of hydrogen-bond donors (Lipinski definition) is 0. The van der Waals surface area contributed by atoms with Crippen LogP contribution in [0.1, 0.15) is 23.1 Å². The van der Waals surface area contributed by atoms with E-state index in [0.717, 1.165) is 25.5 Å². The average molecular weight is 174 g/mol. The van der Waals surface area contributed by atoms with Gasteiger partial charge in [-0.15, -0.1) is 0 Å². The topological polar surface area (TPSA) is 17.1 Å². The van der Waals surface area contributed by atoms with Crippen molar-refractivity contribution in [3.8, 4) is 0 Å². The summed E-state index contributed by atoms with van der Waals surface area (Å²) in [5.74, 6) is 0.259. The molecular formula is C12H14O. The molecule has 0 saturated carbocycles. The second-order valence-corrected chi connectivity index (χ2v) is 3.91. The van der Waals surface area contributed by atoms with Crippen molar-refractivity contribution < 1.29 is 4.79 Å². The van der Waals surface area contributed by atoms with Crippen LogP contribution in [0.15, 0.2) is 18.2 Å². The van der Waals surface area contributed by atoms with Crippen LogP contribution in [0.5, 0.6) is 0 Å². The van der Waals surface area contributed by atoms with E-state index in [4.69, 9.17) is 0 Å². The van der Waals surface area contributed by atoms with Gasteiger partial charge in [-0.25, -0.2) is 0 Å². The van der Waals surface area contributed by atoms with Gasteiger partial charge in [0, 0.05) is 5.92 Å². The molecule has 0 radical (unpaired) electrons. The fraction of sp³-hybridized carbons (Fsp3) is 0.417. The molecule has 0 spiro atoms. The van der Waals surface area contributed by atoms with Crippen molar-refractivity contribution in [2.24, 2.45) is 5.92 Å². The smallest absolute Gasteiger partial charge is 0.123 e. The maximum Gasteiger partial charge on any atom is 0.123 e. The molecule has 1 heteroatoms. The molecule has 0 N–H and O–H groups in total. The summed E-state index contributed by atoms with van der Waals surface area (Å²) in [5, 5.41) is 0. The number of aryl methyl sites for hydroxylation is 2. The summed E-state index contributed by atoms with van der Waals surface area (Å²) in [6, 6.07) is 6.54. The molecular weight excluding hydrogens is 160 g/mol. The van der Waals surface area contributed by atoms with Gasteiger partial charge in [0.25, 0.3) is 0 Å². The first kappa shape index (κ1) is 8.49. The summed E-state index contributed by atoms with van der Waals surface area (Å²) < 4.78 is 0. The molecule has 0 aromatic heterocycles. The lowest BCUT2D eigenvalue weighted by atomic mass is 9.84. The highest BCUT2D eigenvalue weighted by atomic mass is 16.1. The SMILES string of the molecule is Cc1ccc2c(c1)CCC(C=O)C2. The van der Waals surface area contributed by atoms with E-state index in [1.54, 1.807) is 0 Å². The fourth-order valence-electron chi connectivity index (χ4n) is 2.03. The van der Waals surface area contributed by atoms with Crippen LogP contribution in [0.4, 0.5) is 0 Å². The third-order valence-electron chi connectivity index (χ3n) is 2.82. The summed E-state index contributed by atoms with van der Waals surface area (Å²) in [6.45, 7) is 2.12. The molecule has 1 unspecified atom stereocenters. The lowest BCUT2D eigenvalue weighted by Gasteiger charge is -2.20. The quantitative estimate of drug-likeness (QED) is 0.597. The lowest BCUT2D eigenvalue weighted by molar-refractivity contribution is -0.111. The predicted molar refractivity (Wildman–Crippen MR) is 52.8 cm³/mol. The molecule has 0 saturated heterocycles. The van der Waals surface area contributed by atoms with Crippen LogP contribution in [0.2, 0.25) is 0 Å². The number of rotatable bonds is 1. The van der Waals surface area contributed by atoms with E-state index in [9.17, 15) is 4.79 Å². The monoisotopic (exact) mass is 174 g/mol. The number of benzene rings is 1. The molecule has 1 aromatic rings. The molecule has 1 nitrogen and oxygen atoms in total. The number of carbonyl (C=O) groups is 1. The Morgan fingerprint density at radius 2 is 2.23 bits per heavy atom. The molecule has 1 atom stereocenters. The highest BCUT2D eigenvalue weighted by Gasteiger charge is 2.17. The van der Waals surface area contributed by atoms with Gasteiger partial charge in [-0.1, -0.05) is 23.8 Å². The Hall–Kier alpha value is -1.11. The average Bonchev–Trinajstić information content (AvgIpc) is 2.17. The fourth-order valence-corrected chi connectivity index (χ4v) is 2.03. The standard InChI is InChI=1S/C12H14O/c1-9-2-4-12-7-10(8-13)3-5-11(12)6-9/h2,4,6,8,10H,3,5,7H2,1H3. The van der Waals surface area contributed by atoms with Gasteiger partial charge in [-0.05, 0) is 37.3 Å². The molecule has 0 heterocycles. The lowest BCUT2D eigenvalue weighted by Crippen LogP contribution is -2.15. The summed E-state index contributed by atoms with van der Waals surface area (Å²) in [5.41, 5.74) is 4.13. The van der Waals surface area contributed by atoms with Gasteiger partial charge in [0.05, 0.1) is 0 Å². The highest BCUT2D eigenvalue weighted by Crippen LogP contribution is 2.24. The minimum Gasteiger partial charge on any atom is -0.303 e. The van der Waals surface area contributed by atoms with Crippen molar-refractivity contribution >= 4 is 6.29 Å². The normalized spacial score (nSPS) is 20.8. The zero-order chi connectivity index (χ0) is 9.26. The van der Waals surface area contributed by atoms with Crippen molar-refractivity contribution in [3.63, 3.8) is 0 Å². The first-order valence-corrected chi connectivity index (χ1v) is 4.83. The van der Waals surface area contributed by atoms with E-state index in [2.05, 4.69) is 25.1 Å². The van der Waals surface area contributed by atoms with Gasteiger partial charge < -0.3 is 4.79 Å². The van der Waals surface area contributed by atoms with Gasteiger partial charge >= 0.3 is 0 Å². The van der Waals surface area contributed by atoms with E-state index in [0.29, 0.717) is 0 Å². The molecule has 0 fully saturated rings. The Kier molecular flexibility index (Phi) is 2.17. The summed E-state index contributed by atoms with van der Waals surface area (Å²) >= 11 is 0. The van der Waals surface area contributed by atoms with Gasteiger partial charge in [0.2, 0.25) is 0 Å². The van der Waals surface area contributed by atoms with Gasteiger partial charge in [-0.2, -0.15) is 0 Å². The Morgan fingerprint density at radius 1 is 1.38 bits per heavy atom. The van der Waals surface area contributed by atoms with Crippen LogP contribution in [0.3, 0.4) is 0 Å². The number of carbonyl (C=O) groups excluding carboxylic acids is 1. The summed E-state index contributed by atoms with van der Waals surface area (Å²) in [7, 11) is 0. The predicted octanol–water partition coefficient (Wildman–Crippen LogP) is 2.30. The molecule has 0 amide bonds. The van der Waals surface area contributed by atoms with Crippen molar-refractivity contribution in [1.82, 2.24) is 0 Å². The van der Waals surface area contributed by atoms with Crippen molar-refractivity contribution in [2.45, 2.75) is 26.2 Å². The van der Waals surface area contributed by atoms with Crippen LogP contribution >= 0.6 is 0 Å². The molecule has 1 aromatic carbocycles. The van der Waals surface area contributed by atoms with E-state index in [1.165, 1.54) is 16.7 Å².